The number of nitrogens with zero attached hydrogens (tertiary/aromatic N) is 3. The van der Waals surface area contributed by atoms with Gasteiger partial charge in [0.15, 0.2) is 0 Å². The fourth-order valence-electron chi connectivity index (χ4n) is 2.70. The summed E-state index contributed by atoms with van der Waals surface area (Å²) >= 11 is 0. The minimum absolute atomic E-state index is 0.0759. The summed E-state index contributed by atoms with van der Waals surface area (Å²) in [6.07, 6.45) is 5.13. The molecular weight excluding hydrogens is 448 g/mol. The molecule has 3 aromatic rings. The highest BCUT2D eigenvalue weighted by Crippen LogP contribution is 2.23. The van der Waals surface area contributed by atoms with Gasteiger partial charge in [-0.15, -0.1) is 0 Å². The van der Waals surface area contributed by atoms with E-state index in [1.807, 2.05) is 7.05 Å². The number of aliphatic hydroxyl groups is 2. The van der Waals surface area contributed by atoms with Gasteiger partial charge in [-0.1, -0.05) is 12.1 Å². The lowest BCUT2D eigenvalue weighted by Gasteiger charge is -2.09. The second kappa shape index (κ2) is 13.9. The van der Waals surface area contributed by atoms with Gasteiger partial charge in [0, 0.05) is 24.5 Å². The molecule has 0 fully saturated rings. The van der Waals surface area contributed by atoms with Crippen molar-refractivity contribution in [1.29, 1.82) is 0 Å². The van der Waals surface area contributed by atoms with Gasteiger partial charge in [-0.3, -0.25) is 4.98 Å². The van der Waals surface area contributed by atoms with Crippen molar-refractivity contribution in [1.82, 2.24) is 20.3 Å². The van der Waals surface area contributed by atoms with Crippen molar-refractivity contribution in [2.24, 2.45) is 0 Å². The zero-order chi connectivity index (χ0) is 24.9. The molecule has 11 heteroatoms. The fraction of sp³-hybridized carbons (Fsp3) is 0.304. The Morgan fingerprint density at radius 1 is 1.03 bits per heavy atom. The topological polar surface area (TPSA) is 129 Å². The van der Waals surface area contributed by atoms with Gasteiger partial charge in [-0.2, -0.15) is 8.78 Å². The summed E-state index contributed by atoms with van der Waals surface area (Å²) < 4.78 is 28.7. The van der Waals surface area contributed by atoms with Crippen LogP contribution in [-0.4, -0.2) is 64.4 Å². The number of ether oxygens (including phenoxy) is 1. The minimum Gasteiger partial charge on any atom is -0.435 e. The average Bonchev–Trinajstić information content (AvgIpc) is 2.82. The Labute approximate surface area is 195 Å². The molecule has 2 heterocycles. The Morgan fingerprint density at radius 2 is 1.71 bits per heavy atom. The first-order valence-corrected chi connectivity index (χ1v) is 10.3. The van der Waals surface area contributed by atoms with Crippen molar-refractivity contribution in [2.45, 2.75) is 25.6 Å². The second-order valence-electron chi connectivity index (χ2n) is 7.13. The fourth-order valence-corrected chi connectivity index (χ4v) is 2.70. The molecule has 1 aromatic carbocycles. The molecule has 0 amide bonds. The summed E-state index contributed by atoms with van der Waals surface area (Å²) in [6, 6.07) is 9.50. The van der Waals surface area contributed by atoms with Gasteiger partial charge in [-0.25, -0.2) is 9.97 Å². The van der Waals surface area contributed by atoms with Crippen molar-refractivity contribution in [2.75, 3.05) is 25.5 Å². The zero-order valence-corrected chi connectivity index (χ0v) is 18.7. The maximum absolute atomic E-state index is 12.2. The van der Waals surface area contributed by atoms with E-state index in [1.54, 1.807) is 43.6 Å². The summed E-state index contributed by atoms with van der Waals surface area (Å²) in [7, 11) is 1.81. The van der Waals surface area contributed by atoms with Crippen LogP contribution in [0.2, 0.25) is 0 Å². The quantitative estimate of drug-likeness (QED) is 0.327. The van der Waals surface area contributed by atoms with Crippen LogP contribution >= 0.6 is 0 Å². The summed E-state index contributed by atoms with van der Waals surface area (Å²) in [5, 5.41) is 23.4. The smallest absolute Gasteiger partial charge is 0.387 e. The number of pyridine rings is 1. The average molecular weight is 475 g/mol. The van der Waals surface area contributed by atoms with Gasteiger partial charge in [0.05, 0.1) is 36.2 Å². The molecule has 0 bridgehead atoms. The molecule has 0 aliphatic rings. The molecule has 0 saturated heterocycles. The first-order valence-electron chi connectivity index (χ1n) is 10.3. The Hall–Kier alpha value is -3.54. The molecule has 0 aliphatic carbocycles. The number of likely N-dealkylation sites (N-methyl/N-ethyl adjacent to an activating group) is 1. The monoisotopic (exact) mass is 475 g/mol. The van der Waals surface area contributed by atoms with Crippen molar-refractivity contribution in [3.8, 4) is 16.9 Å². The molecule has 9 nitrogen and oxygen atoms in total. The summed E-state index contributed by atoms with van der Waals surface area (Å²) in [5.74, 6) is -0.237. The molecule has 2 unspecified atom stereocenters. The maximum atomic E-state index is 12.2. The highest BCUT2D eigenvalue weighted by Gasteiger charge is 2.10. The number of benzene rings is 1. The predicted octanol–water partition coefficient (Wildman–Crippen LogP) is 2.75. The highest BCUT2D eigenvalue weighted by atomic mass is 19.3. The Balaban J connectivity index is 0.000000604. The van der Waals surface area contributed by atoms with E-state index in [0.29, 0.717) is 35.7 Å². The van der Waals surface area contributed by atoms with E-state index in [-0.39, 0.29) is 18.5 Å². The SMILES string of the molecule is CNCC(C)O.O=CC(CO)c1ccc(Nc2ncc(-c3ccc(OC(F)F)cc3)cn2)cn1. The number of aromatic nitrogens is 3. The molecule has 2 atom stereocenters. The number of hydrogen-bond acceptors (Lipinski definition) is 9. The number of carbonyl (C=O) groups is 1. The number of hydrogen-bond donors (Lipinski definition) is 4. The van der Waals surface area contributed by atoms with Crippen molar-refractivity contribution in [3.05, 3.63) is 60.7 Å². The molecule has 0 radical (unpaired) electrons. The third-order valence-electron chi connectivity index (χ3n) is 4.35. The van der Waals surface area contributed by atoms with E-state index in [9.17, 15) is 13.6 Å². The lowest BCUT2D eigenvalue weighted by molar-refractivity contribution is -0.109. The van der Waals surface area contributed by atoms with E-state index in [1.165, 1.54) is 18.3 Å². The lowest BCUT2D eigenvalue weighted by Crippen LogP contribution is -2.19. The molecule has 2 aromatic heterocycles. The van der Waals surface area contributed by atoms with Crippen LogP contribution in [-0.2, 0) is 4.79 Å². The first kappa shape index (κ1) is 26.7. The number of halogens is 2. The van der Waals surface area contributed by atoms with Crippen molar-refractivity contribution < 1.29 is 28.5 Å². The van der Waals surface area contributed by atoms with Crippen LogP contribution in [0.15, 0.2) is 55.0 Å². The third kappa shape index (κ3) is 8.77. The maximum Gasteiger partial charge on any atom is 0.387 e. The highest BCUT2D eigenvalue weighted by molar-refractivity contribution is 5.64. The molecule has 0 saturated carbocycles. The molecule has 4 N–H and O–H groups in total. The van der Waals surface area contributed by atoms with E-state index in [2.05, 4.69) is 30.3 Å². The Bertz CT molecular complexity index is 988. The summed E-state index contributed by atoms with van der Waals surface area (Å²) in [5.41, 5.74) is 2.55. The van der Waals surface area contributed by atoms with Crippen LogP contribution in [0, 0.1) is 0 Å². The zero-order valence-electron chi connectivity index (χ0n) is 18.7. The minimum atomic E-state index is -2.86. The normalized spacial score (nSPS) is 12.3. The van der Waals surface area contributed by atoms with Gasteiger partial charge in [-0.05, 0) is 43.8 Å². The standard InChI is InChI=1S/C19H16F2N4O3.C4H11NO/c20-18(21)28-16-4-1-12(2-5-16)13-7-23-19(24-8-13)25-15-3-6-17(22-9-15)14(10-26)11-27;1-4(6)3-5-2/h1-10,14,18,27H,11H2,(H,23,24,25);4-6H,3H2,1-2H3. The predicted molar refractivity (Wildman–Crippen MR) is 123 cm³/mol. The van der Waals surface area contributed by atoms with Crippen LogP contribution in [0.3, 0.4) is 0 Å². The Kier molecular flexibility index (Phi) is 10.9. The van der Waals surface area contributed by atoms with Crippen molar-refractivity contribution in [3.63, 3.8) is 0 Å². The van der Waals surface area contributed by atoms with Gasteiger partial charge in [0.1, 0.15) is 12.0 Å². The van der Waals surface area contributed by atoms with Crippen LogP contribution in [0.5, 0.6) is 5.75 Å². The largest absolute Gasteiger partial charge is 0.435 e. The second-order valence-corrected chi connectivity index (χ2v) is 7.13. The van der Waals surface area contributed by atoms with E-state index in [4.69, 9.17) is 10.2 Å². The number of rotatable bonds is 10. The number of aliphatic hydroxyl groups excluding tert-OH is 2. The summed E-state index contributed by atoms with van der Waals surface area (Å²) in [4.78, 5) is 23.4. The van der Waals surface area contributed by atoms with E-state index in [0.717, 1.165) is 5.56 Å². The van der Waals surface area contributed by atoms with Gasteiger partial charge >= 0.3 is 6.61 Å². The number of nitrogens with one attached hydrogen (secondary N) is 2. The first-order chi connectivity index (χ1) is 16.4. The lowest BCUT2D eigenvalue weighted by atomic mass is 10.1. The van der Waals surface area contributed by atoms with Crippen molar-refractivity contribution >= 4 is 17.9 Å². The third-order valence-corrected chi connectivity index (χ3v) is 4.35. The molecule has 34 heavy (non-hydrogen) atoms. The molecule has 0 spiro atoms. The van der Waals surface area contributed by atoms with Gasteiger partial charge in [0.25, 0.3) is 0 Å². The van der Waals surface area contributed by atoms with E-state index < -0.39 is 12.5 Å². The van der Waals surface area contributed by atoms with Gasteiger partial charge in [0.2, 0.25) is 5.95 Å². The van der Waals surface area contributed by atoms with Crippen LogP contribution < -0.4 is 15.4 Å². The molecular formula is C23H27F2N5O4. The van der Waals surface area contributed by atoms with Crippen LogP contribution in [0.25, 0.3) is 11.1 Å². The van der Waals surface area contributed by atoms with E-state index >= 15 is 0 Å². The Morgan fingerprint density at radius 3 is 2.15 bits per heavy atom. The number of anilines is 2. The molecule has 182 valence electrons. The number of alkyl halides is 2. The number of aldehydes is 1. The van der Waals surface area contributed by atoms with Crippen LogP contribution in [0.1, 0.15) is 18.5 Å². The molecule has 0 aliphatic heterocycles. The van der Waals surface area contributed by atoms with Crippen LogP contribution in [0.4, 0.5) is 20.4 Å². The number of carbonyl (C=O) groups excluding carboxylic acids is 1. The molecule has 3 rings (SSSR count). The van der Waals surface area contributed by atoms with Gasteiger partial charge < -0.3 is 30.4 Å². The summed E-state index contributed by atoms with van der Waals surface area (Å²) in [6.45, 7) is -0.740.